The minimum Gasteiger partial charge on any atom is -0.473 e. The number of cyclic esters (lactones) is 1. The summed E-state index contributed by atoms with van der Waals surface area (Å²) < 4.78 is 18.5. The molecule has 10 heteroatoms. The summed E-state index contributed by atoms with van der Waals surface area (Å²) in [5.41, 5.74) is 1.59. The van der Waals surface area contributed by atoms with Gasteiger partial charge >= 0.3 is 6.09 Å². The van der Waals surface area contributed by atoms with Gasteiger partial charge in [-0.2, -0.15) is 5.26 Å². The lowest BCUT2D eigenvalue weighted by Crippen LogP contribution is -2.72. The molecule has 9 nitrogen and oxygen atoms in total. The van der Waals surface area contributed by atoms with E-state index in [9.17, 15) is 4.79 Å². The molecule has 0 saturated carbocycles. The molecule has 3 saturated heterocycles. The highest BCUT2D eigenvalue weighted by Gasteiger charge is 2.60. The summed E-state index contributed by atoms with van der Waals surface area (Å²) in [6.45, 7) is 11.1. The topological polar surface area (TPSA) is 110 Å². The highest BCUT2D eigenvalue weighted by molar-refractivity contribution is 6.33. The molecule has 2 aromatic rings. The van der Waals surface area contributed by atoms with Crippen LogP contribution in [0.5, 0.6) is 5.88 Å². The van der Waals surface area contributed by atoms with Crippen LogP contribution in [0.3, 0.4) is 0 Å². The summed E-state index contributed by atoms with van der Waals surface area (Å²) in [4.78, 5) is 23.5. The Kier molecular flexibility index (Phi) is 6.21. The van der Waals surface area contributed by atoms with E-state index >= 15 is 0 Å². The van der Waals surface area contributed by atoms with E-state index in [0.29, 0.717) is 41.1 Å². The molecule has 1 amide bonds. The van der Waals surface area contributed by atoms with E-state index in [1.54, 1.807) is 18.2 Å². The first kappa shape index (κ1) is 24.6. The molecule has 3 aliphatic heterocycles. The van der Waals surface area contributed by atoms with E-state index in [2.05, 4.69) is 42.1 Å². The number of amides is 1. The van der Waals surface area contributed by atoms with E-state index < -0.39 is 0 Å². The van der Waals surface area contributed by atoms with Crippen LogP contribution in [0.4, 0.5) is 16.3 Å². The molecule has 6 unspecified atom stereocenters. The Balaban J connectivity index is 1.46. The quantitative estimate of drug-likeness (QED) is 0.629. The van der Waals surface area contributed by atoms with Crippen LogP contribution in [-0.2, 0) is 9.47 Å². The summed E-state index contributed by atoms with van der Waals surface area (Å²) >= 11 is 6.36. The van der Waals surface area contributed by atoms with Crippen LogP contribution in [0.2, 0.25) is 5.02 Å². The predicted octanol–water partition coefficient (Wildman–Crippen LogP) is 4.70. The Labute approximate surface area is 215 Å². The Morgan fingerprint density at radius 2 is 2.06 bits per heavy atom. The van der Waals surface area contributed by atoms with Gasteiger partial charge in [-0.3, -0.25) is 0 Å². The van der Waals surface area contributed by atoms with Gasteiger partial charge in [0.25, 0.3) is 0 Å². The number of carbonyl (C=O) groups excluding carboxylic acids is 1. The van der Waals surface area contributed by atoms with Gasteiger partial charge in [-0.05, 0) is 39.0 Å². The molecule has 1 N–H and O–H groups in total. The fourth-order valence-corrected chi connectivity index (χ4v) is 6.15. The Hall–Kier alpha value is -3.09. The molecule has 5 rings (SSSR count). The van der Waals surface area contributed by atoms with Gasteiger partial charge in [-0.15, -0.1) is 0 Å². The molecular formula is C26H30ClN5O4. The van der Waals surface area contributed by atoms with Crippen LogP contribution in [0, 0.1) is 35.5 Å². The van der Waals surface area contributed by atoms with E-state index in [0.717, 1.165) is 5.56 Å². The number of halogens is 1. The molecule has 0 radical (unpaired) electrons. The number of fused-ring (bicyclic) bond motifs is 4. The average molecular weight is 512 g/mol. The predicted molar refractivity (Wildman–Crippen MR) is 133 cm³/mol. The first-order chi connectivity index (χ1) is 17.1. The SMILES string of the molecule is Cc1c(Nc2ccc(C#N)cc2Cl)ncnc1OC1C2CN3C(=O)OCC(C)(C)C3C1C(C)OC2C. The molecule has 1 aromatic heterocycles. The summed E-state index contributed by atoms with van der Waals surface area (Å²) in [6, 6.07) is 7.03. The summed E-state index contributed by atoms with van der Waals surface area (Å²) in [6.07, 6.45) is 0.778. The molecular weight excluding hydrogens is 482 g/mol. The molecule has 6 atom stereocenters. The van der Waals surface area contributed by atoms with Gasteiger partial charge in [0, 0.05) is 23.8 Å². The van der Waals surface area contributed by atoms with Gasteiger partial charge in [-0.25, -0.2) is 14.8 Å². The maximum Gasteiger partial charge on any atom is 0.410 e. The Bertz CT molecular complexity index is 1230. The standard InChI is InChI=1S/C26H30ClN5O4/c1-13-23(31-19-7-6-16(9-28)8-18(19)27)29-12-30-24(13)36-21-17-10-32-22(20(21)15(3)35-14(17)2)26(4,5)11-34-25(32)33/h6-8,12,14-15,17,20-22H,10-11H2,1-5H3,(H,29,30,31). The number of benzene rings is 1. The summed E-state index contributed by atoms with van der Waals surface area (Å²) in [5.74, 6) is 0.945. The van der Waals surface area contributed by atoms with Crippen molar-refractivity contribution in [3.63, 3.8) is 0 Å². The molecule has 3 fully saturated rings. The zero-order valence-electron chi connectivity index (χ0n) is 21.0. The molecule has 0 aliphatic carbocycles. The second-order valence-electron chi connectivity index (χ2n) is 10.6. The van der Waals surface area contributed by atoms with Crippen LogP contribution in [0.25, 0.3) is 0 Å². The lowest BCUT2D eigenvalue weighted by atomic mass is 9.65. The van der Waals surface area contributed by atoms with Crippen molar-refractivity contribution in [2.45, 2.75) is 59.0 Å². The number of ether oxygens (including phenoxy) is 3. The number of hydrogen-bond acceptors (Lipinski definition) is 8. The Morgan fingerprint density at radius 1 is 1.28 bits per heavy atom. The van der Waals surface area contributed by atoms with Gasteiger partial charge < -0.3 is 24.4 Å². The highest BCUT2D eigenvalue weighted by atomic mass is 35.5. The lowest BCUT2D eigenvalue weighted by Gasteiger charge is -2.60. The minimum absolute atomic E-state index is 0.0392. The minimum atomic E-state index is -0.266. The third-order valence-electron chi connectivity index (χ3n) is 7.72. The van der Waals surface area contributed by atoms with Crippen LogP contribution >= 0.6 is 11.6 Å². The molecule has 2 bridgehead atoms. The molecule has 4 heterocycles. The first-order valence-electron chi connectivity index (χ1n) is 12.1. The van der Waals surface area contributed by atoms with Crippen LogP contribution in [0.1, 0.15) is 38.8 Å². The Morgan fingerprint density at radius 3 is 2.78 bits per heavy atom. The van der Waals surface area contributed by atoms with Gasteiger partial charge in [0.1, 0.15) is 24.9 Å². The zero-order chi connectivity index (χ0) is 25.8. The summed E-state index contributed by atoms with van der Waals surface area (Å²) in [7, 11) is 0. The molecule has 190 valence electrons. The number of nitriles is 1. The number of aromatic nitrogens is 2. The normalized spacial score (nSPS) is 30.6. The number of nitrogens with zero attached hydrogens (tertiary/aromatic N) is 4. The van der Waals surface area contributed by atoms with Crippen molar-refractivity contribution in [1.29, 1.82) is 5.26 Å². The fraction of sp³-hybridized carbons (Fsp3) is 0.538. The van der Waals surface area contributed by atoms with Crippen molar-refractivity contribution >= 4 is 29.2 Å². The molecule has 36 heavy (non-hydrogen) atoms. The second-order valence-corrected chi connectivity index (χ2v) is 11.0. The van der Waals surface area contributed by atoms with Gasteiger partial charge in [-0.1, -0.05) is 25.4 Å². The van der Waals surface area contributed by atoms with Crippen molar-refractivity contribution in [3.05, 3.63) is 40.7 Å². The van der Waals surface area contributed by atoms with Crippen molar-refractivity contribution in [2.24, 2.45) is 17.3 Å². The number of carbonyl (C=O) groups is 1. The average Bonchev–Trinajstić information content (AvgIpc) is 2.83. The van der Waals surface area contributed by atoms with Gasteiger partial charge in [0.15, 0.2) is 0 Å². The highest BCUT2D eigenvalue weighted by Crippen LogP contribution is 2.48. The first-order valence-corrected chi connectivity index (χ1v) is 12.5. The molecule has 3 aliphatic rings. The van der Waals surface area contributed by atoms with E-state index in [-0.39, 0.29) is 47.7 Å². The summed E-state index contributed by atoms with van der Waals surface area (Å²) in [5, 5.41) is 12.8. The van der Waals surface area contributed by atoms with Crippen molar-refractivity contribution in [3.8, 4) is 11.9 Å². The lowest BCUT2D eigenvalue weighted by molar-refractivity contribution is -0.224. The van der Waals surface area contributed by atoms with Crippen molar-refractivity contribution < 1.29 is 19.0 Å². The van der Waals surface area contributed by atoms with Gasteiger partial charge in [0.2, 0.25) is 5.88 Å². The number of anilines is 2. The number of hydrogen-bond donors (Lipinski definition) is 1. The fourth-order valence-electron chi connectivity index (χ4n) is 5.92. The zero-order valence-corrected chi connectivity index (χ0v) is 21.7. The van der Waals surface area contributed by atoms with Crippen molar-refractivity contribution in [1.82, 2.24) is 14.9 Å². The van der Waals surface area contributed by atoms with E-state index in [1.807, 2.05) is 18.7 Å². The van der Waals surface area contributed by atoms with Gasteiger partial charge in [0.05, 0.1) is 46.2 Å². The largest absolute Gasteiger partial charge is 0.473 e. The molecule has 0 spiro atoms. The third-order valence-corrected chi connectivity index (χ3v) is 8.04. The maximum atomic E-state index is 12.7. The number of rotatable bonds is 4. The van der Waals surface area contributed by atoms with Crippen LogP contribution < -0.4 is 10.1 Å². The van der Waals surface area contributed by atoms with Crippen LogP contribution in [-0.4, -0.2) is 58.5 Å². The van der Waals surface area contributed by atoms with Crippen molar-refractivity contribution in [2.75, 3.05) is 18.5 Å². The van der Waals surface area contributed by atoms with E-state index in [4.69, 9.17) is 31.1 Å². The molecule has 1 aromatic carbocycles. The monoisotopic (exact) mass is 511 g/mol. The number of piperidine rings is 1. The number of nitrogens with one attached hydrogen (secondary N) is 1. The second kappa shape index (κ2) is 9.09. The smallest absolute Gasteiger partial charge is 0.410 e. The third kappa shape index (κ3) is 4.12. The van der Waals surface area contributed by atoms with E-state index in [1.165, 1.54) is 6.33 Å². The maximum absolute atomic E-state index is 12.7. The van der Waals surface area contributed by atoms with Crippen LogP contribution in [0.15, 0.2) is 24.5 Å².